The Labute approximate surface area is 135 Å². The minimum absolute atomic E-state index is 0.0201. The van der Waals surface area contributed by atoms with E-state index < -0.39 is 0 Å². The topological polar surface area (TPSA) is 53.3 Å². The van der Waals surface area contributed by atoms with Crippen molar-refractivity contribution in [3.05, 3.63) is 53.6 Å². The number of aliphatic hydroxyl groups excluding tert-OH is 1. The van der Waals surface area contributed by atoms with Crippen LogP contribution in [0.4, 0.5) is 0 Å². The van der Waals surface area contributed by atoms with Crippen molar-refractivity contribution in [2.24, 2.45) is 7.05 Å². The van der Waals surface area contributed by atoms with E-state index in [9.17, 15) is 5.11 Å². The number of hydrogen-bond donors (Lipinski definition) is 2. The third kappa shape index (κ3) is 2.48. The average molecular weight is 316 g/mol. The van der Waals surface area contributed by atoms with Gasteiger partial charge in [0.25, 0.3) is 0 Å². The van der Waals surface area contributed by atoms with E-state index in [1.165, 1.54) is 5.69 Å². The molecule has 0 aromatic carbocycles. The zero-order valence-electron chi connectivity index (χ0n) is 12.7. The summed E-state index contributed by atoms with van der Waals surface area (Å²) in [7, 11) is 2.05. The van der Waals surface area contributed by atoms with Gasteiger partial charge in [-0.15, -0.1) is 0 Å². The van der Waals surface area contributed by atoms with Crippen LogP contribution in [0.2, 0.25) is 0 Å². The number of aliphatic hydroxyl groups is 1. The number of aromatic nitrogens is 2. The molecule has 0 unspecified atom stereocenters. The Hall–Kier alpha value is -1.92. The molecule has 2 aromatic rings. The Morgan fingerprint density at radius 1 is 1.32 bits per heavy atom. The van der Waals surface area contributed by atoms with Crippen LogP contribution in [0.25, 0.3) is 0 Å². The van der Waals surface area contributed by atoms with E-state index in [0.29, 0.717) is 11.7 Å². The molecule has 3 rings (SSSR count). The average Bonchev–Trinajstić information content (AvgIpc) is 3.02. The Kier molecular flexibility index (Phi) is 4.13. The summed E-state index contributed by atoms with van der Waals surface area (Å²) in [5, 5.41) is 13.4. The Bertz CT molecular complexity index is 670. The van der Waals surface area contributed by atoms with Gasteiger partial charge in [-0.3, -0.25) is 4.98 Å². The molecule has 1 fully saturated rings. The maximum atomic E-state index is 9.39. The molecule has 1 aliphatic heterocycles. The lowest BCUT2D eigenvalue weighted by Gasteiger charge is -2.27. The molecule has 22 heavy (non-hydrogen) atoms. The second kappa shape index (κ2) is 6.06. The highest BCUT2D eigenvalue weighted by Gasteiger charge is 2.40. The molecule has 5 nitrogen and oxygen atoms in total. The lowest BCUT2D eigenvalue weighted by molar-refractivity contribution is 0.219. The van der Waals surface area contributed by atoms with Crippen LogP contribution in [0.3, 0.4) is 0 Å². The molecule has 2 N–H and O–H groups in total. The highest BCUT2D eigenvalue weighted by Crippen LogP contribution is 2.38. The minimum Gasteiger partial charge on any atom is -0.395 e. The van der Waals surface area contributed by atoms with Crippen molar-refractivity contribution in [2.75, 3.05) is 13.2 Å². The number of pyridine rings is 1. The summed E-state index contributed by atoms with van der Waals surface area (Å²) in [6, 6.07) is 10.1. The number of nitrogens with zero attached hydrogens (tertiary/aromatic N) is 3. The smallest absolute Gasteiger partial charge is 0.170 e. The van der Waals surface area contributed by atoms with E-state index in [2.05, 4.69) is 41.0 Å². The predicted octanol–water partition coefficient (Wildman–Crippen LogP) is 1.69. The van der Waals surface area contributed by atoms with Crippen molar-refractivity contribution >= 4 is 17.3 Å². The quantitative estimate of drug-likeness (QED) is 0.841. The summed E-state index contributed by atoms with van der Waals surface area (Å²) in [5.74, 6) is 0. The fourth-order valence-corrected chi connectivity index (χ4v) is 3.34. The van der Waals surface area contributed by atoms with E-state index in [-0.39, 0.29) is 18.7 Å². The largest absolute Gasteiger partial charge is 0.395 e. The van der Waals surface area contributed by atoms with Crippen LogP contribution in [-0.4, -0.2) is 37.8 Å². The van der Waals surface area contributed by atoms with Gasteiger partial charge in [0, 0.05) is 31.2 Å². The number of β-amino-alcohol motifs (C(OH)–C–C–N with tert-alkyl or cyclic N) is 1. The van der Waals surface area contributed by atoms with Crippen molar-refractivity contribution in [2.45, 2.75) is 19.0 Å². The second-order valence-corrected chi connectivity index (χ2v) is 5.89. The molecule has 0 radical (unpaired) electrons. The molecule has 0 bridgehead atoms. The Morgan fingerprint density at radius 2 is 2.14 bits per heavy atom. The number of nitrogens with one attached hydrogen (secondary N) is 1. The van der Waals surface area contributed by atoms with Crippen LogP contribution < -0.4 is 5.32 Å². The highest BCUT2D eigenvalue weighted by atomic mass is 32.1. The molecule has 2 aromatic heterocycles. The SMILES string of the molecule is Cc1ccc([C@H]2[C@H](c3ccccn3)NC(=S)N2CCO)n1C. The van der Waals surface area contributed by atoms with Crippen molar-refractivity contribution in [1.82, 2.24) is 19.8 Å². The van der Waals surface area contributed by atoms with Crippen molar-refractivity contribution in [3.63, 3.8) is 0 Å². The molecule has 0 saturated carbocycles. The predicted molar refractivity (Wildman–Crippen MR) is 89.4 cm³/mol. The molecule has 0 amide bonds. The highest BCUT2D eigenvalue weighted by molar-refractivity contribution is 7.80. The van der Waals surface area contributed by atoms with Crippen LogP contribution in [0.15, 0.2) is 36.5 Å². The zero-order valence-corrected chi connectivity index (χ0v) is 13.5. The summed E-state index contributed by atoms with van der Waals surface area (Å²) in [4.78, 5) is 6.53. The Morgan fingerprint density at radius 3 is 2.73 bits per heavy atom. The fourth-order valence-electron chi connectivity index (χ4n) is 3.01. The van der Waals surface area contributed by atoms with Gasteiger partial charge < -0.3 is 19.9 Å². The van der Waals surface area contributed by atoms with Gasteiger partial charge in [0.15, 0.2) is 5.11 Å². The number of rotatable bonds is 4. The van der Waals surface area contributed by atoms with E-state index >= 15 is 0 Å². The molecular weight excluding hydrogens is 296 g/mol. The Balaban J connectivity index is 2.05. The summed E-state index contributed by atoms with van der Waals surface area (Å²) in [6.45, 7) is 2.65. The van der Waals surface area contributed by atoms with E-state index in [1.807, 2.05) is 23.1 Å². The number of hydrogen-bond acceptors (Lipinski definition) is 3. The van der Waals surface area contributed by atoms with Crippen LogP contribution in [0.1, 0.15) is 29.2 Å². The number of thiocarbonyl (C=S) groups is 1. The molecular formula is C16H20N4OS. The summed E-state index contributed by atoms with van der Waals surface area (Å²) in [5.41, 5.74) is 3.31. The fraction of sp³-hybridized carbons (Fsp3) is 0.375. The van der Waals surface area contributed by atoms with Gasteiger partial charge in [-0.1, -0.05) is 6.07 Å². The first-order chi connectivity index (χ1) is 10.6. The van der Waals surface area contributed by atoms with Crippen LogP contribution >= 0.6 is 12.2 Å². The van der Waals surface area contributed by atoms with Crippen LogP contribution in [0.5, 0.6) is 0 Å². The van der Waals surface area contributed by atoms with E-state index in [1.54, 1.807) is 6.20 Å². The first-order valence-electron chi connectivity index (χ1n) is 7.34. The monoisotopic (exact) mass is 316 g/mol. The van der Waals surface area contributed by atoms with Crippen molar-refractivity contribution < 1.29 is 5.11 Å². The van der Waals surface area contributed by atoms with Gasteiger partial charge in [-0.2, -0.15) is 0 Å². The maximum Gasteiger partial charge on any atom is 0.170 e. The molecule has 0 aliphatic carbocycles. The van der Waals surface area contributed by atoms with Gasteiger partial charge in [0.2, 0.25) is 0 Å². The minimum atomic E-state index is -0.0201. The van der Waals surface area contributed by atoms with E-state index in [0.717, 1.165) is 11.4 Å². The van der Waals surface area contributed by atoms with E-state index in [4.69, 9.17) is 12.2 Å². The number of aryl methyl sites for hydroxylation is 1. The van der Waals surface area contributed by atoms with Crippen molar-refractivity contribution in [3.8, 4) is 0 Å². The molecule has 6 heteroatoms. The summed E-state index contributed by atoms with van der Waals surface area (Å²) < 4.78 is 2.17. The molecule has 116 valence electrons. The molecule has 2 atom stereocenters. The summed E-state index contributed by atoms with van der Waals surface area (Å²) >= 11 is 5.48. The van der Waals surface area contributed by atoms with Gasteiger partial charge in [0.05, 0.1) is 24.4 Å². The van der Waals surface area contributed by atoms with Gasteiger partial charge in [-0.05, 0) is 43.4 Å². The zero-order chi connectivity index (χ0) is 15.7. The first-order valence-corrected chi connectivity index (χ1v) is 7.75. The van der Waals surface area contributed by atoms with Gasteiger partial charge in [0.1, 0.15) is 0 Å². The summed E-state index contributed by atoms with van der Waals surface area (Å²) in [6.07, 6.45) is 1.79. The first kappa shape index (κ1) is 15.0. The molecule has 3 heterocycles. The van der Waals surface area contributed by atoms with Crippen LogP contribution in [0, 0.1) is 6.92 Å². The molecule has 0 spiro atoms. The van der Waals surface area contributed by atoms with Crippen LogP contribution in [-0.2, 0) is 7.05 Å². The molecule has 1 aliphatic rings. The lowest BCUT2D eigenvalue weighted by atomic mass is 10.0. The lowest BCUT2D eigenvalue weighted by Crippen LogP contribution is -2.32. The maximum absolute atomic E-state index is 9.39. The normalized spacial score (nSPS) is 21.2. The van der Waals surface area contributed by atoms with Gasteiger partial charge >= 0.3 is 0 Å². The standard InChI is InChI=1S/C16H20N4OS/c1-11-6-7-13(19(11)2)15-14(12-5-3-4-8-17-12)18-16(22)20(15)9-10-21/h3-8,14-15,21H,9-10H2,1-2H3,(H,18,22)/t14-,15-/m0/s1. The third-order valence-corrected chi connectivity index (χ3v) is 4.61. The third-order valence-electron chi connectivity index (χ3n) is 4.25. The van der Waals surface area contributed by atoms with Crippen molar-refractivity contribution in [1.29, 1.82) is 0 Å². The van der Waals surface area contributed by atoms with Gasteiger partial charge in [-0.25, -0.2) is 0 Å². The second-order valence-electron chi connectivity index (χ2n) is 5.50. The molecule has 1 saturated heterocycles.